The Kier molecular flexibility index (Phi) is 4.03. The van der Waals surface area contributed by atoms with Gasteiger partial charge in [-0.15, -0.1) is 0 Å². The average molecular weight is 204 g/mol. The van der Waals surface area contributed by atoms with Gasteiger partial charge < -0.3 is 4.98 Å². The lowest BCUT2D eigenvalue weighted by Crippen LogP contribution is -2.04. The van der Waals surface area contributed by atoms with Crippen LogP contribution in [0, 0.1) is 0 Å². The van der Waals surface area contributed by atoms with Crippen molar-refractivity contribution in [2.75, 3.05) is 0 Å². The summed E-state index contributed by atoms with van der Waals surface area (Å²) < 4.78 is 0. The molecule has 0 amide bonds. The van der Waals surface area contributed by atoms with Crippen molar-refractivity contribution in [1.82, 2.24) is 9.97 Å². The van der Waals surface area contributed by atoms with Crippen LogP contribution in [0.5, 0.6) is 0 Å². The third kappa shape index (κ3) is 2.43. The zero-order chi connectivity index (χ0) is 11.3. The second kappa shape index (κ2) is 5.29. The number of hydrogen-bond acceptors (Lipinski definition) is 2. The van der Waals surface area contributed by atoms with Crippen LogP contribution in [-0.2, 0) is 6.42 Å². The van der Waals surface area contributed by atoms with Gasteiger partial charge in [0.15, 0.2) is 5.43 Å². The highest BCUT2D eigenvalue weighted by molar-refractivity contribution is 5.76. The molecule has 0 saturated heterocycles. The van der Waals surface area contributed by atoms with Crippen molar-refractivity contribution in [3.63, 3.8) is 0 Å². The Labute approximate surface area is 89.2 Å². The lowest BCUT2D eigenvalue weighted by Gasteiger charge is -1.99. The standard InChI is InChI=1S/C10H10N2O.C2H6/c1-2-7-5-10(13)8-6-11-4-3-9(8)12-7;1-2/h3-6H,2H2,1H3,(H,12,13);1-2H3. The number of pyridine rings is 2. The van der Waals surface area contributed by atoms with Crippen molar-refractivity contribution in [3.8, 4) is 0 Å². The van der Waals surface area contributed by atoms with E-state index in [1.165, 1.54) is 0 Å². The number of rotatable bonds is 1. The molecule has 0 aliphatic heterocycles. The summed E-state index contributed by atoms with van der Waals surface area (Å²) in [5.41, 5.74) is 1.86. The van der Waals surface area contributed by atoms with E-state index in [4.69, 9.17) is 0 Å². The number of nitrogens with one attached hydrogen (secondary N) is 1. The van der Waals surface area contributed by atoms with Crippen molar-refractivity contribution in [3.05, 3.63) is 40.4 Å². The van der Waals surface area contributed by atoms with E-state index in [9.17, 15) is 4.79 Å². The number of hydrogen-bond donors (Lipinski definition) is 1. The molecule has 0 aliphatic rings. The minimum atomic E-state index is 0.0405. The van der Waals surface area contributed by atoms with Gasteiger partial charge >= 0.3 is 0 Å². The van der Waals surface area contributed by atoms with Gasteiger partial charge in [0.1, 0.15) is 0 Å². The monoisotopic (exact) mass is 204 g/mol. The van der Waals surface area contributed by atoms with Gasteiger partial charge in [0.25, 0.3) is 0 Å². The Bertz CT molecular complexity index is 488. The summed E-state index contributed by atoms with van der Waals surface area (Å²) in [7, 11) is 0. The number of aryl methyl sites for hydroxylation is 1. The molecule has 15 heavy (non-hydrogen) atoms. The number of aromatic nitrogens is 2. The summed E-state index contributed by atoms with van der Waals surface area (Å²) in [6, 6.07) is 3.44. The molecule has 0 fully saturated rings. The summed E-state index contributed by atoms with van der Waals surface area (Å²) in [6.07, 6.45) is 4.11. The molecule has 0 unspecified atom stereocenters. The first-order valence-electron chi connectivity index (χ1n) is 5.27. The van der Waals surface area contributed by atoms with Crippen LogP contribution in [0.25, 0.3) is 10.9 Å². The molecule has 0 aromatic carbocycles. The predicted molar refractivity (Wildman–Crippen MR) is 63.1 cm³/mol. The van der Waals surface area contributed by atoms with Crippen LogP contribution in [-0.4, -0.2) is 9.97 Å². The minimum absolute atomic E-state index is 0.0405. The molecule has 0 spiro atoms. The van der Waals surface area contributed by atoms with E-state index in [0.29, 0.717) is 5.39 Å². The summed E-state index contributed by atoms with van der Waals surface area (Å²) in [4.78, 5) is 18.6. The van der Waals surface area contributed by atoms with Gasteiger partial charge in [0.2, 0.25) is 0 Å². The Morgan fingerprint density at radius 3 is 2.80 bits per heavy atom. The Morgan fingerprint density at radius 2 is 2.13 bits per heavy atom. The van der Waals surface area contributed by atoms with Crippen molar-refractivity contribution in [1.29, 1.82) is 0 Å². The maximum absolute atomic E-state index is 11.5. The number of aromatic amines is 1. The fourth-order valence-electron chi connectivity index (χ4n) is 1.34. The van der Waals surface area contributed by atoms with Gasteiger partial charge in [-0.2, -0.15) is 0 Å². The lowest BCUT2D eigenvalue weighted by atomic mass is 10.2. The molecule has 0 aliphatic carbocycles. The largest absolute Gasteiger partial charge is 0.358 e. The highest BCUT2D eigenvalue weighted by atomic mass is 16.1. The average Bonchev–Trinajstić information content (AvgIpc) is 2.31. The molecule has 2 heterocycles. The molecule has 2 aromatic rings. The first-order valence-corrected chi connectivity index (χ1v) is 5.27. The normalized spacial score (nSPS) is 9.53. The molecule has 0 radical (unpaired) electrons. The lowest BCUT2D eigenvalue weighted by molar-refractivity contribution is 1.05. The van der Waals surface area contributed by atoms with Crippen LogP contribution < -0.4 is 5.43 Å². The maximum atomic E-state index is 11.5. The second-order valence-electron chi connectivity index (χ2n) is 2.93. The van der Waals surface area contributed by atoms with Gasteiger partial charge in [-0.3, -0.25) is 9.78 Å². The molecular weight excluding hydrogens is 188 g/mol. The first-order chi connectivity index (χ1) is 7.31. The van der Waals surface area contributed by atoms with Crippen molar-refractivity contribution in [2.45, 2.75) is 27.2 Å². The van der Waals surface area contributed by atoms with E-state index in [1.807, 2.05) is 26.8 Å². The molecule has 1 N–H and O–H groups in total. The van der Waals surface area contributed by atoms with Gasteiger partial charge in [0, 0.05) is 24.2 Å². The van der Waals surface area contributed by atoms with Crippen LogP contribution in [0.2, 0.25) is 0 Å². The number of H-pyrrole nitrogens is 1. The molecule has 0 atom stereocenters. The van der Waals surface area contributed by atoms with E-state index in [2.05, 4.69) is 9.97 Å². The number of fused-ring (bicyclic) bond motifs is 1. The summed E-state index contributed by atoms with van der Waals surface area (Å²) >= 11 is 0. The molecule has 0 bridgehead atoms. The molecule has 2 rings (SSSR count). The minimum Gasteiger partial charge on any atom is -0.358 e. The van der Waals surface area contributed by atoms with Gasteiger partial charge in [-0.25, -0.2) is 0 Å². The van der Waals surface area contributed by atoms with E-state index in [0.717, 1.165) is 17.6 Å². The van der Waals surface area contributed by atoms with E-state index >= 15 is 0 Å². The van der Waals surface area contributed by atoms with Crippen molar-refractivity contribution >= 4 is 10.9 Å². The van der Waals surface area contributed by atoms with E-state index in [1.54, 1.807) is 18.5 Å². The first kappa shape index (κ1) is 11.4. The molecule has 0 saturated carbocycles. The zero-order valence-electron chi connectivity index (χ0n) is 9.37. The molecule has 3 nitrogen and oxygen atoms in total. The predicted octanol–water partition coefficient (Wildman–Crippen LogP) is 2.51. The summed E-state index contributed by atoms with van der Waals surface area (Å²) in [5.74, 6) is 0. The molecule has 80 valence electrons. The quantitative estimate of drug-likeness (QED) is 0.775. The van der Waals surface area contributed by atoms with Crippen molar-refractivity contribution < 1.29 is 0 Å². The van der Waals surface area contributed by atoms with Crippen LogP contribution in [0.1, 0.15) is 26.5 Å². The van der Waals surface area contributed by atoms with Crippen LogP contribution in [0.4, 0.5) is 0 Å². The van der Waals surface area contributed by atoms with E-state index < -0.39 is 0 Å². The van der Waals surface area contributed by atoms with Crippen LogP contribution in [0.15, 0.2) is 29.3 Å². The van der Waals surface area contributed by atoms with Crippen molar-refractivity contribution in [2.24, 2.45) is 0 Å². The summed E-state index contributed by atoms with van der Waals surface area (Å²) in [5, 5.41) is 0.653. The molecular formula is C12H16N2O. The Morgan fingerprint density at radius 1 is 1.40 bits per heavy atom. The highest BCUT2D eigenvalue weighted by Gasteiger charge is 1.99. The Hall–Kier alpha value is -1.64. The maximum Gasteiger partial charge on any atom is 0.191 e. The topological polar surface area (TPSA) is 45.8 Å². The Balaban J connectivity index is 0.000000531. The number of nitrogens with zero attached hydrogens (tertiary/aromatic N) is 1. The van der Waals surface area contributed by atoms with Crippen LogP contribution in [0.3, 0.4) is 0 Å². The molecule has 3 heteroatoms. The third-order valence-corrected chi connectivity index (χ3v) is 2.07. The van der Waals surface area contributed by atoms with Crippen LogP contribution >= 0.6 is 0 Å². The third-order valence-electron chi connectivity index (χ3n) is 2.07. The summed E-state index contributed by atoms with van der Waals surface area (Å²) in [6.45, 7) is 6.01. The smallest absolute Gasteiger partial charge is 0.191 e. The SMILES string of the molecule is CC.CCc1cc(=O)c2cnccc2[nH]1. The fraction of sp³-hybridized carbons (Fsp3) is 0.333. The highest BCUT2D eigenvalue weighted by Crippen LogP contribution is 2.05. The van der Waals surface area contributed by atoms with Gasteiger partial charge in [-0.05, 0) is 12.5 Å². The van der Waals surface area contributed by atoms with E-state index in [-0.39, 0.29) is 5.43 Å². The molecule has 2 aromatic heterocycles. The van der Waals surface area contributed by atoms with Gasteiger partial charge in [-0.1, -0.05) is 20.8 Å². The second-order valence-corrected chi connectivity index (χ2v) is 2.93. The zero-order valence-corrected chi connectivity index (χ0v) is 9.37. The van der Waals surface area contributed by atoms with Gasteiger partial charge in [0.05, 0.1) is 10.9 Å². The fourth-order valence-corrected chi connectivity index (χ4v) is 1.34.